The zero-order valence-corrected chi connectivity index (χ0v) is 12.9. The summed E-state index contributed by atoms with van der Waals surface area (Å²) in [6.45, 7) is 1.46. The van der Waals surface area contributed by atoms with Gasteiger partial charge >= 0.3 is 5.97 Å². The zero-order chi connectivity index (χ0) is 18.0. The first-order valence-electron chi connectivity index (χ1n) is 7.19. The first-order chi connectivity index (χ1) is 11.9. The van der Waals surface area contributed by atoms with E-state index in [1.165, 1.54) is 31.2 Å². The molecule has 128 valence electrons. The smallest absolute Gasteiger partial charge is 0.341 e. The van der Waals surface area contributed by atoms with Crippen LogP contribution in [0.3, 0.4) is 0 Å². The molecule has 0 bridgehead atoms. The Morgan fingerprint density at radius 1 is 1.04 bits per heavy atom. The second kappa shape index (κ2) is 6.76. The summed E-state index contributed by atoms with van der Waals surface area (Å²) in [7, 11) is 0. The second-order valence-electron chi connectivity index (χ2n) is 5.12. The Balaban J connectivity index is 1.74. The van der Waals surface area contributed by atoms with Gasteiger partial charge in [-0.1, -0.05) is 0 Å². The third kappa shape index (κ3) is 3.68. The lowest BCUT2D eigenvalue weighted by Gasteiger charge is -2.09. The van der Waals surface area contributed by atoms with Crippen molar-refractivity contribution in [3.05, 3.63) is 71.4 Å². The molecule has 0 aliphatic heterocycles. The van der Waals surface area contributed by atoms with Crippen molar-refractivity contribution in [1.82, 2.24) is 10.2 Å². The average molecular weight is 348 g/mol. The minimum absolute atomic E-state index is 0.0183. The number of hydrogen-bond donors (Lipinski definition) is 0. The monoisotopic (exact) mass is 348 g/mol. The summed E-state index contributed by atoms with van der Waals surface area (Å²) < 4.78 is 49.8. The van der Waals surface area contributed by atoms with E-state index in [2.05, 4.69) is 10.2 Å². The van der Waals surface area contributed by atoms with Gasteiger partial charge in [-0.05, 0) is 43.3 Å². The highest BCUT2D eigenvalue weighted by Crippen LogP contribution is 2.23. The molecule has 0 amide bonds. The van der Waals surface area contributed by atoms with Gasteiger partial charge in [0.25, 0.3) is 5.89 Å². The van der Waals surface area contributed by atoms with Crippen LogP contribution in [0.25, 0.3) is 11.5 Å². The maximum Gasteiger partial charge on any atom is 0.341 e. The topological polar surface area (TPSA) is 65.2 Å². The van der Waals surface area contributed by atoms with Gasteiger partial charge in [0.1, 0.15) is 17.5 Å². The van der Waals surface area contributed by atoms with Crippen molar-refractivity contribution in [3.8, 4) is 11.5 Å². The van der Waals surface area contributed by atoms with Crippen molar-refractivity contribution in [2.45, 2.75) is 13.0 Å². The minimum Gasteiger partial charge on any atom is -0.449 e. The Morgan fingerprint density at radius 3 is 2.40 bits per heavy atom. The molecular weight excluding hydrogens is 337 g/mol. The lowest BCUT2D eigenvalue weighted by molar-refractivity contribution is 0.0274. The number of aromatic nitrogens is 2. The molecule has 1 heterocycles. The van der Waals surface area contributed by atoms with Gasteiger partial charge in [0.05, 0.1) is 5.56 Å². The Kier molecular flexibility index (Phi) is 4.51. The van der Waals surface area contributed by atoms with Crippen LogP contribution in [0.4, 0.5) is 13.2 Å². The molecule has 0 unspecified atom stereocenters. The van der Waals surface area contributed by atoms with Crippen molar-refractivity contribution in [2.24, 2.45) is 0 Å². The number of esters is 1. The van der Waals surface area contributed by atoms with Crippen LogP contribution < -0.4 is 0 Å². The average Bonchev–Trinajstić information content (AvgIpc) is 3.05. The molecule has 0 radical (unpaired) electrons. The largest absolute Gasteiger partial charge is 0.449 e. The normalized spacial score (nSPS) is 12.0. The highest BCUT2D eigenvalue weighted by Gasteiger charge is 2.22. The van der Waals surface area contributed by atoms with Crippen LogP contribution in [-0.2, 0) is 4.74 Å². The van der Waals surface area contributed by atoms with Gasteiger partial charge in [-0.2, -0.15) is 0 Å². The fourth-order valence-corrected chi connectivity index (χ4v) is 2.04. The standard InChI is InChI=1S/C17H11F3N2O3/c1-9(24-17(23)13-7-6-12(19)8-14(13)20)15-21-22-16(25-15)10-2-4-11(18)5-3-10/h2-9H,1H3/t9-/m0/s1. The van der Waals surface area contributed by atoms with Gasteiger partial charge in [-0.25, -0.2) is 18.0 Å². The first-order valence-corrected chi connectivity index (χ1v) is 7.19. The summed E-state index contributed by atoms with van der Waals surface area (Å²) in [4.78, 5) is 12.0. The van der Waals surface area contributed by atoms with E-state index in [1.54, 1.807) is 0 Å². The van der Waals surface area contributed by atoms with Crippen molar-refractivity contribution in [3.63, 3.8) is 0 Å². The van der Waals surface area contributed by atoms with E-state index in [-0.39, 0.29) is 11.8 Å². The highest BCUT2D eigenvalue weighted by atomic mass is 19.1. The van der Waals surface area contributed by atoms with E-state index >= 15 is 0 Å². The molecule has 0 aliphatic carbocycles. The van der Waals surface area contributed by atoms with Crippen LogP contribution in [0.2, 0.25) is 0 Å². The number of carbonyl (C=O) groups excluding carboxylic acids is 1. The van der Waals surface area contributed by atoms with Crippen LogP contribution >= 0.6 is 0 Å². The maximum atomic E-state index is 13.6. The van der Waals surface area contributed by atoms with Gasteiger partial charge < -0.3 is 9.15 Å². The van der Waals surface area contributed by atoms with E-state index in [0.29, 0.717) is 11.6 Å². The molecule has 25 heavy (non-hydrogen) atoms. The van der Waals surface area contributed by atoms with Gasteiger partial charge in [-0.15, -0.1) is 10.2 Å². The number of carbonyl (C=O) groups is 1. The molecular formula is C17H11F3N2O3. The lowest BCUT2D eigenvalue weighted by atomic mass is 10.2. The summed E-state index contributed by atoms with van der Waals surface area (Å²) in [5.41, 5.74) is 0.0785. The molecule has 3 rings (SSSR count). The van der Waals surface area contributed by atoms with Gasteiger partial charge in [-0.3, -0.25) is 0 Å². The van der Waals surface area contributed by atoms with E-state index in [0.717, 1.165) is 12.1 Å². The number of ether oxygens (including phenoxy) is 1. The van der Waals surface area contributed by atoms with Crippen molar-refractivity contribution >= 4 is 5.97 Å². The summed E-state index contributed by atoms with van der Waals surface area (Å²) in [6, 6.07) is 7.90. The van der Waals surface area contributed by atoms with Crippen LogP contribution in [0.15, 0.2) is 46.9 Å². The Morgan fingerprint density at radius 2 is 1.72 bits per heavy atom. The van der Waals surface area contributed by atoms with Gasteiger partial charge in [0.2, 0.25) is 5.89 Å². The summed E-state index contributed by atoms with van der Waals surface area (Å²) in [5, 5.41) is 7.55. The third-order valence-electron chi connectivity index (χ3n) is 3.31. The molecule has 3 aromatic rings. The molecule has 0 N–H and O–H groups in total. The quantitative estimate of drug-likeness (QED) is 0.665. The maximum absolute atomic E-state index is 13.6. The molecule has 1 aromatic heterocycles. The molecule has 5 nitrogen and oxygen atoms in total. The van der Waals surface area contributed by atoms with Gasteiger partial charge in [0, 0.05) is 11.6 Å². The first kappa shape index (κ1) is 16.7. The second-order valence-corrected chi connectivity index (χ2v) is 5.12. The number of rotatable bonds is 4. The molecule has 0 saturated heterocycles. The predicted molar refractivity (Wildman–Crippen MR) is 79.9 cm³/mol. The summed E-state index contributed by atoms with van der Waals surface area (Å²) in [5.74, 6) is -3.14. The Bertz CT molecular complexity index is 910. The Labute approximate surface area is 140 Å². The number of hydrogen-bond acceptors (Lipinski definition) is 5. The number of nitrogens with zero attached hydrogens (tertiary/aromatic N) is 2. The Hall–Kier alpha value is -3.16. The lowest BCUT2D eigenvalue weighted by Crippen LogP contribution is -2.11. The van der Waals surface area contributed by atoms with E-state index in [1.807, 2.05) is 0 Å². The van der Waals surface area contributed by atoms with E-state index < -0.39 is 35.1 Å². The third-order valence-corrected chi connectivity index (χ3v) is 3.31. The summed E-state index contributed by atoms with van der Waals surface area (Å²) in [6.07, 6.45) is -0.960. The van der Waals surface area contributed by atoms with Gasteiger partial charge in [0.15, 0.2) is 6.10 Å². The fraction of sp³-hybridized carbons (Fsp3) is 0.118. The van der Waals surface area contributed by atoms with Crippen LogP contribution in [0.1, 0.15) is 29.3 Å². The molecule has 0 aliphatic rings. The molecule has 0 spiro atoms. The van der Waals surface area contributed by atoms with Crippen LogP contribution in [0.5, 0.6) is 0 Å². The highest BCUT2D eigenvalue weighted by molar-refractivity contribution is 5.89. The SMILES string of the molecule is C[C@H](OC(=O)c1ccc(F)cc1F)c1nnc(-c2ccc(F)cc2)o1. The van der Waals surface area contributed by atoms with E-state index in [9.17, 15) is 18.0 Å². The molecule has 2 aromatic carbocycles. The predicted octanol–water partition coefficient (Wildman–Crippen LogP) is 4.07. The summed E-state index contributed by atoms with van der Waals surface area (Å²) >= 11 is 0. The van der Waals surface area contributed by atoms with Crippen molar-refractivity contribution < 1.29 is 27.1 Å². The van der Waals surface area contributed by atoms with E-state index in [4.69, 9.17) is 9.15 Å². The van der Waals surface area contributed by atoms with Crippen molar-refractivity contribution in [1.29, 1.82) is 0 Å². The van der Waals surface area contributed by atoms with Crippen LogP contribution in [-0.4, -0.2) is 16.2 Å². The van der Waals surface area contributed by atoms with Crippen LogP contribution in [0, 0.1) is 17.5 Å². The number of halogens is 3. The molecule has 0 saturated carbocycles. The molecule has 1 atom stereocenters. The molecule has 0 fully saturated rings. The molecule has 8 heteroatoms. The number of benzene rings is 2. The minimum atomic E-state index is -1.03. The van der Waals surface area contributed by atoms with Crippen molar-refractivity contribution in [2.75, 3.05) is 0 Å². The zero-order valence-electron chi connectivity index (χ0n) is 12.9. The fourth-order valence-electron chi connectivity index (χ4n) is 2.04.